The number of benzene rings is 1. The van der Waals surface area contributed by atoms with Gasteiger partial charge in [0.25, 0.3) is 5.91 Å². The number of rotatable bonds is 4. The van der Waals surface area contributed by atoms with Crippen LogP contribution in [0.5, 0.6) is 0 Å². The first-order valence-electron chi connectivity index (χ1n) is 6.56. The first-order chi connectivity index (χ1) is 9.91. The molecule has 0 unspecified atom stereocenters. The maximum Gasteiger partial charge on any atom is 0.416 e. The number of carbonyl (C=O) groups excluding carboxylic acids is 1. The lowest BCUT2D eigenvalue weighted by atomic mass is 10.1. The largest absolute Gasteiger partial charge is 0.416 e. The molecule has 2 aromatic rings. The molecule has 112 valence electrons. The average molecular weight is 296 g/mol. The minimum absolute atomic E-state index is 0.203. The van der Waals surface area contributed by atoms with Crippen LogP contribution in [0.15, 0.2) is 36.5 Å². The number of carbonyl (C=O) groups is 1. The topological polar surface area (TPSA) is 44.9 Å². The van der Waals surface area contributed by atoms with Gasteiger partial charge in [-0.1, -0.05) is 19.1 Å². The molecule has 3 nitrogen and oxygen atoms in total. The molecule has 1 heterocycles. The van der Waals surface area contributed by atoms with E-state index >= 15 is 0 Å². The first kappa shape index (κ1) is 15.2. The van der Waals surface area contributed by atoms with Crippen LogP contribution >= 0.6 is 0 Å². The van der Waals surface area contributed by atoms with Gasteiger partial charge in [0, 0.05) is 18.4 Å². The van der Waals surface area contributed by atoms with Gasteiger partial charge in [-0.3, -0.25) is 4.79 Å². The van der Waals surface area contributed by atoms with E-state index in [9.17, 15) is 18.0 Å². The number of hydrogen-bond donors (Lipinski definition) is 2. The number of halogens is 3. The van der Waals surface area contributed by atoms with Gasteiger partial charge in [0.15, 0.2) is 0 Å². The molecule has 0 bridgehead atoms. The highest BCUT2D eigenvalue weighted by Gasteiger charge is 2.30. The van der Waals surface area contributed by atoms with Gasteiger partial charge in [-0.15, -0.1) is 0 Å². The highest BCUT2D eigenvalue weighted by atomic mass is 19.4. The summed E-state index contributed by atoms with van der Waals surface area (Å²) in [6, 6.07) is 6.42. The molecule has 0 radical (unpaired) electrons. The summed E-state index contributed by atoms with van der Waals surface area (Å²) in [5.41, 5.74) is 0.958. The SMILES string of the molecule is CCCNC(=O)c1c[nH]c(-c2ccc(C(F)(F)F)cc2)c1. The molecule has 2 rings (SSSR count). The van der Waals surface area contributed by atoms with Crippen LogP contribution in [0.2, 0.25) is 0 Å². The first-order valence-corrected chi connectivity index (χ1v) is 6.56. The maximum atomic E-state index is 12.5. The van der Waals surface area contributed by atoms with Crippen molar-refractivity contribution in [2.24, 2.45) is 0 Å². The lowest BCUT2D eigenvalue weighted by molar-refractivity contribution is -0.137. The van der Waals surface area contributed by atoms with Crippen molar-refractivity contribution in [3.63, 3.8) is 0 Å². The highest BCUT2D eigenvalue weighted by molar-refractivity contribution is 5.95. The van der Waals surface area contributed by atoms with Crippen LogP contribution in [-0.4, -0.2) is 17.4 Å². The zero-order valence-corrected chi connectivity index (χ0v) is 11.4. The van der Waals surface area contributed by atoms with E-state index in [1.54, 1.807) is 6.07 Å². The smallest absolute Gasteiger partial charge is 0.360 e. The number of alkyl halides is 3. The van der Waals surface area contributed by atoms with Crippen LogP contribution in [0, 0.1) is 0 Å². The van der Waals surface area contributed by atoms with Gasteiger partial charge in [0.1, 0.15) is 0 Å². The Morgan fingerprint density at radius 3 is 2.48 bits per heavy atom. The van der Waals surface area contributed by atoms with Crippen LogP contribution in [0.1, 0.15) is 29.3 Å². The molecule has 0 aliphatic heterocycles. The molecule has 1 aromatic carbocycles. The quantitative estimate of drug-likeness (QED) is 0.884. The molecule has 0 aliphatic carbocycles. The van der Waals surface area contributed by atoms with Gasteiger partial charge in [-0.05, 0) is 30.2 Å². The van der Waals surface area contributed by atoms with E-state index < -0.39 is 11.7 Å². The van der Waals surface area contributed by atoms with Crippen molar-refractivity contribution in [3.8, 4) is 11.3 Å². The van der Waals surface area contributed by atoms with Gasteiger partial charge in [-0.2, -0.15) is 13.2 Å². The summed E-state index contributed by atoms with van der Waals surface area (Å²) in [4.78, 5) is 14.6. The molecule has 6 heteroatoms. The number of aromatic amines is 1. The van der Waals surface area contributed by atoms with Crippen LogP contribution in [-0.2, 0) is 6.18 Å². The molecule has 1 amide bonds. The van der Waals surface area contributed by atoms with Crippen LogP contribution in [0.25, 0.3) is 11.3 Å². The number of hydrogen-bond acceptors (Lipinski definition) is 1. The van der Waals surface area contributed by atoms with Crippen LogP contribution in [0.3, 0.4) is 0 Å². The van der Waals surface area contributed by atoms with E-state index in [1.807, 2.05) is 6.92 Å². The maximum absolute atomic E-state index is 12.5. The molecule has 0 atom stereocenters. The monoisotopic (exact) mass is 296 g/mol. The minimum Gasteiger partial charge on any atom is -0.360 e. The summed E-state index contributed by atoms with van der Waals surface area (Å²) in [5.74, 6) is -0.203. The Labute approximate surface area is 120 Å². The Morgan fingerprint density at radius 2 is 1.90 bits per heavy atom. The van der Waals surface area contributed by atoms with E-state index in [2.05, 4.69) is 10.3 Å². The molecule has 2 N–H and O–H groups in total. The predicted molar refractivity (Wildman–Crippen MR) is 73.9 cm³/mol. The highest BCUT2D eigenvalue weighted by Crippen LogP contribution is 2.30. The Balaban J connectivity index is 2.16. The Hall–Kier alpha value is -2.24. The number of H-pyrrole nitrogens is 1. The molecular formula is C15H15F3N2O. The van der Waals surface area contributed by atoms with Crippen LogP contribution < -0.4 is 5.32 Å². The molecule has 0 saturated carbocycles. The lowest BCUT2D eigenvalue weighted by Gasteiger charge is -2.06. The van der Waals surface area contributed by atoms with Crippen molar-refractivity contribution in [2.45, 2.75) is 19.5 Å². The predicted octanol–water partition coefficient (Wildman–Crippen LogP) is 3.84. The van der Waals surface area contributed by atoms with Gasteiger partial charge in [-0.25, -0.2) is 0 Å². The number of aromatic nitrogens is 1. The van der Waals surface area contributed by atoms with Gasteiger partial charge in [0.05, 0.1) is 11.1 Å². The van der Waals surface area contributed by atoms with E-state index in [-0.39, 0.29) is 5.91 Å². The molecule has 0 fully saturated rings. The third kappa shape index (κ3) is 3.65. The third-order valence-electron chi connectivity index (χ3n) is 3.00. The standard InChI is InChI=1S/C15H15F3N2O/c1-2-7-19-14(21)11-8-13(20-9-11)10-3-5-12(6-4-10)15(16,17)18/h3-6,8-9,20H,2,7H2,1H3,(H,19,21). The van der Waals surface area contributed by atoms with Crippen molar-refractivity contribution in [2.75, 3.05) is 6.54 Å². The summed E-state index contributed by atoms with van der Waals surface area (Å²) in [5, 5.41) is 2.73. The van der Waals surface area contributed by atoms with Crippen molar-refractivity contribution < 1.29 is 18.0 Å². The van der Waals surface area contributed by atoms with Gasteiger partial charge in [0.2, 0.25) is 0 Å². The summed E-state index contributed by atoms with van der Waals surface area (Å²) < 4.78 is 37.5. The zero-order valence-electron chi connectivity index (χ0n) is 11.4. The fourth-order valence-corrected chi connectivity index (χ4v) is 1.87. The fraction of sp³-hybridized carbons (Fsp3) is 0.267. The normalized spacial score (nSPS) is 11.4. The molecule has 0 spiro atoms. The molecular weight excluding hydrogens is 281 g/mol. The summed E-state index contributed by atoms with van der Waals surface area (Å²) in [6.45, 7) is 2.53. The minimum atomic E-state index is -4.35. The van der Waals surface area contributed by atoms with Gasteiger partial charge >= 0.3 is 6.18 Å². The Bertz CT molecular complexity index is 615. The molecule has 21 heavy (non-hydrogen) atoms. The third-order valence-corrected chi connectivity index (χ3v) is 3.00. The Kier molecular flexibility index (Phi) is 4.35. The van der Waals surface area contributed by atoms with E-state index in [0.717, 1.165) is 18.6 Å². The second-order valence-electron chi connectivity index (χ2n) is 4.63. The average Bonchev–Trinajstić information content (AvgIpc) is 2.94. The van der Waals surface area contributed by atoms with Crippen molar-refractivity contribution >= 4 is 5.91 Å². The van der Waals surface area contributed by atoms with Gasteiger partial charge < -0.3 is 10.3 Å². The number of amides is 1. The Morgan fingerprint density at radius 1 is 1.24 bits per heavy atom. The summed E-state index contributed by atoms with van der Waals surface area (Å²) in [7, 11) is 0. The molecule has 0 aliphatic rings. The number of nitrogens with one attached hydrogen (secondary N) is 2. The van der Waals surface area contributed by atoms with Crippen molar-refractivity contribution in [1.82, 2.24) is 10.3 Å². The van der Waals surface area contributed by atoms with E-state index in [1.165, 1.54) is 18.3 Å². The van der Waals surface area contributed by atoms with Crippen molar-refractivity contribution in [3.05, 3.63) is 47.7 Å². The van der Waals surface area contributed by atoms with Crippen molar-refractivity contribution in [1.29, 1.82) is 0 Å². The van der Waals surface area contributed by atoms with Crippen LogP contribution in [0.4, 0.5) is 13.2 Å². The summed E-state index contributed by atoms with van der Waals surface area (Å²) >= 11 is 0. The summed E-state index contributed by atoms with van der Waals surface area (Å²) in [6.07, 6.45) is -1.97. The lowest BCUT2D eigenvalue weighted by Crippen LogP contribution is -2.23. The zero-order chi connectivity index (χ0) is 15.5. The molecule has 0 saturated heterocycles. The molecule has 1 aromatic heterocycles. The second kappa shape index (κ2) is 6.03. The fourth-order valence-electron chi connectivity index (χ4n) is 1.87. The van der Waals surface area contributed by atoms with E-state index in [0.29, 0.717) is 23.4 Å². The van der Waals surface area contributed by atoms with E-state index in [4.69, 9.17) is 0 Å². The second-order valence-corrected chi connectivity index (χ2v) is 4.63.